The Morgan fingerprint density at radius 2 is 0.833 bits per heavy atom. The Labute approximate surface area is 117 Å². The standard InChI is InChI=1S/C18H38/c1-4-6-8-9-10-11-12-13-15-17-18(3)16-14-7-5-2/h18H,4-17H2,1-3H3/t18-/m0/s1. The molecule has 0 radical (unpaired) electrons. The fourth-order valence-electron chi connectivity index (χ4n) is 2.69. The molecular formula is C18H38. The summed E-state index contributed by atoms with van der Waals surface area (Å²) in [6, 6.07) is 0. The normalized spacial score (nSPS) is 12.8. The lowest BCUT2D eigenvalue weighted by Crippen LogP contribution is -1.94. The van der Waals surface area contributed by atoms with Gasteiger partial charge in [-0.1, -0.05) is 111 Å². The molecule has 0 saturated heterocycles. The molecule has 0 bridgehead atoms. The van der Waals surface area contributed by atoms with Crippen LogP contribution in [0.5, 0.6) is 0 Å². The fraction of sp³-hybridized carbons (Fsp3) is 1.00. The van der Waals surface area contributed by atoms with Crippen molar-refractivity contribution in [2.45, 2.75) is 111 Å². The highest BCUT2D eigenvalue weighted by Gasteiger charge is 2.01. The number of unbranched alkanes of at least 4 members (excludes halogenated alkanes) is 10. The molecule has 1 atom stereocenters. The van der Waals surface area contributed by atoms with E-state index in [-0.39, 0.29) is 0 Å². The molecule has 110 valence electrons. The van der Waals surface area contributed by atoms with Crippen molar-refractivity contribution >= 4 is 0 Å². The fourth-order valence-corrected chi connectivity index (χ4v) is 2.69. The van der Waals surface area contributed by atoms with Gasteiger partial charge in [0.25, 0.3) is 0 Å². The van der Waals surface area contributed by atoms with Crippen LogP contribution in [-0.2, 0) is 0 Å². The molecule has 18 heavy (non-hydrogen) atoms. The molecule has 0 fully saturated rings. The summed E-state index contributed by atoms with van der Waals surface area (Å²) < 4.78 is 0. The van der Waals surface area contributed by atoms with E-state index in [0.717, 1.165) is 5.92 Å². The minimum absolute atomic E-state index is 0.973. The Morgan fingerprint density at radius 1 is 0.500 bits per heavy atom. The lowest BCUT2D eigenvalue weighted by Gasteiger charge is -2.10. The van der Waals surface area contributed by atoms with Crippen molar-refractivity contribution in [1.82, 2.24) is 0 Å². The molecular weight excluding hydrogens is 216 g/mol. The van der Waals surface area contributed by atoms with Gasteiger partial charge in [0.15, 0.2) is 0 Å². The van der Waals surface area contributed by atoms with Gasteiger partial charge in [-0.15, -0.1) is 0 Å². The Morgan fingerprint density at radius 3 is 1.33 bits per heavy atom. The molecule has 0 heteroatoms. The van der Waals surface area contributed by atoms with Crippen molar-refractivity contribution in [3.63, 3.8) is 0 Å². The Balaban J connectivity index is 3.05. The van der Waals surface area contributed by atoms with Crippen LogP contribution >= 0.6 is 0 Å². The summed E-state index contributed by atoms with van der Waals surface area (Å²) >= 11 is 0. The zero-order valence-corrected chi connectivity index (χ0v) is 13.5. The van der Waals surface area contributed by atoms with Crippen molar-refractivity contribution in [1.29, 1.82) is 0 Å². The SMILES string of the molecule is CCCCCCCCCCC[C@@H](C)CCCCC. The monoisotopic (exact) mass is 254 g/mol. The van der Waals surface area contributed by atoms with Crippen LogP contribution < -0.4 is 0 Å². The molecule has 0 spiro atoms. The van der Waals surface area contributed by atoms with Gasteiger partial charge < -0.3 is 0 Å². The van der Waals surface area contributed by atoms with Gasteiger partial charge in [0.05, 0.1) is 0 Å². The Hall–Kier alpha value is 0. The van der Waals surface area contributed by atoms with Crippen LogP contribution in [0.1, 0.15) is 111 Å². The highest BCUT2D eigenvalue weighted by atomic mass is 14.1. The van der Waals surface area contributed by atoms with Crippen LogP contribution in [-0.4, -0.2) is 0 Å². The highest BCUT2D eigenvalue weighted by molar-refractivity contribution is 4.55. The molecule has 0 aromatic rings. The molecule has 0 nitrogen and oxygen atoms in total. The van der Waals surface area contributed by atoms with Crippen LogP contribution in [0.25, 0.3) is 0 Å². The zero-order chi connectivity index (χ0) is 13.5. The molecule has 0 heterocycles. The van der Waals surface area contributed by atoms with Gasteiger partial charge in [-0.2, -0.15) is 0 Å². The Bertz CT molecular complexity index is 139. The van der Waals surface area contributed by atoms with Crippen molar-refractivity contribution < 1.29 is 0 Å². The van der Waals surface area contributed by atoms with Gasteiger partial charge in [0.1, 0.15) is 0 Å². The summed E-state index contributed by atoms with van der Waals surface area (Å²) in [6.45, 7) is 7.03. The summed E-state index contributed by atoms with van der Waals surface area (Å²) in [7, 11) is 0. The first kappa shape index (κ1) is 18.0. The molecule has 0 saturated carbocycles. The molecule has 0 unspecified atom stereocenters. The van der Waals surface area contributed by atoms with Crippen molar-refractivity contribution in [3.8, 4) is 0 Å². The zero-order valence-electron chi connectivity index (χ0n) is 13.5. The van der Waals surface area contributed by atoms with E-state index in [4.69, 9.17) is 0 Å². The van der Waals surface area contributed by atoms with Crippen LogP contribution in [0.2, 0.25) is 0 Å². The van der Waals surface area contributed by atoms with E-state index in [1.807, 2.05) is 0 Å². The molecule has 0 aliphatic heterocycles. The summed E-state index contributed by atoms with van der Waals surface area (Å²) in [5.74, 6) is 0.973. The van der Waals surface area contributed by atoms with E-state index in [1.165, 1.54) is 89.9 Å². The van der Waals surface area contributed by atoms with E-state index in [0.29, 0.717) is 0 Å². The average molecular weight is 255 g/mol. The van der Waals surface area contributed by atoms with Gasteiger partial charge in [0, 0.05) is 0 Å². The minimum Gasteiger partial charge on any atom is -0.0654 e. The first-order valence-corrected chi connectivity index (χ1v) is 8.81. The maximum absolute atomic E-state index is 2.44. The van der Waals surface area contributed by atoms with Crippen LogP contribution in [0.15, 0.2) is 0 Å². The van der Waals surface area contributed by atoms with Gasteiger partial charge in [-0.3, -0.25) is 0 Å². The smallest absolute Gasteiger partial charge is 0.0443 e. The van der Waals surface area contributed by atoms with Crippen LogP contribution in [0.3, 0.4) is 0 Å². The number of hydrogen-bond donors (Lipinski definition) is 0. The number of hydrogen-bond acceptors (Lipinski definition) is 0. The second-order valence-electron chi connectivity index (χ2n) is 6.22. The Kier molecular flexibility index (Phi) is 15.1. The van der Waals surface area contributed by atoms with Crippen molar-refractivity contribution in [2.24, 2.45) is 5.92 Å². The van der Waals surface area contributed by atoms with Crippen molar-refractivity contribution in [2.75, 3.05) is 0 Å². The molecule has 0 rings (SSSR count). The first-order valence-electron chi connectivity index (χ1n) is 8.81. The van der Waals surface area contributed by atoms with Gasteiger partial charge in [-0.25, -0.2) is 0 Å². The van der Waals surface area contributed by atoms with Crippen LogP contribution in [0.4, 0.5) is 0 Å². The molecule has 0 aromatic carbocycles. The summed E-state index contributed by atoms with van der Waals surface area (Å²) in [4.78, 5) is 0. The van der Waals surface area contributed by atoms with E-state index in [1.54, 1.807) is 0 Å². The van der Waals surface area contributed by atoms with Gasteiger partial charge in [0.2, 0.25) is 0 Å². The third kappa shape index (κ3) is 14.1. The number of rotatable bonds is 14. The van der Waals surface area contributed by atoms with Crippen molar-refractivity contribution in [3.05, 3.63) is 0 Å². The lowest BCUT2D eigenvalue weighted by molar-refractivity contribution is 0.435. The third-order valence-electron chi connectivity index (χ3n) is 4.10. The molecule has 0 aliphatic rings. The molecule has 0 amide bonds. The molecule has 0 N–H and O–H groups in total. The predicted molar refractivity (Wildman–Crippen MR) is 85.2 cm³/mol. The molecule has 0 aliphatic carbocycles. The minimum atomic E-state index is 0.973. The maximum atomic E-state index is 2.44. The quantitative estimate of drug-likeness (QED) is 0.289. The third-order valence-corrected chi connectivity index (χ3v) is 4.10. The second-order valence-corrected chi connectivity index (χ2v) is 6.22. The summed E-state index contributed by atoms with van der Waals surface area (Å²) in [5, 5.41) is 0. The average Bonchev–Trinajstić information content (AvgIpc) is 2.37. The predicted octanol–water partition coefficient (Wildman–Crippen LogP) is 7.12. The first-order chi connectivity index (χ1) is 8.81. The summed E-state index contributed by atoms with van der Waals surface area (Å²) in [6.07, 6.45) is 20.3. The second kappa shape index (κ2) is 15.1. The molecule has 0 aromatic heterocycles. The highest BCUT2D eigenvalue weighted by Crippen LogP contribution is 2.17. The van der Waals surface area contributed by atoms with Gasteiger partial charge in [-0.05, 0) is 5.92 Å². The van der Waals surface area contributed by atoms with E-state index in [9.17, 15) is 0 Å². The van der Waals surface area contributed by atoms with E-state index < -0.39 is 0 Å². The van der Waals surface area contributed by atoms with Gasteiger partial charge >= 0.3 is 0 Å². The largest absolute Gasteiger partial charge is 0.0654 e. The van der Waals surface area contributed by atoms with E-state index in [2.05, 4.69) is 20.8 Å². The topological polar surface area (TPSA) is 0 Å². The van der Waals surface area contributed by atoms with Crippen LogP contribution in [0, 0.1) is 5.92 Å². The summed E-state index contributed by atoms with van der Waals surface area (Å²) in [5.41, 5.74) is 0. The van der Waals surface area contributed by atoms with E-state index >= 15 is 0 Å². The maximum Gasteiger partial charge on any atom is -0.0443 e. The lowest BCUT2D eigenvalue weighted by atomic mass is 9.96.